The van der Waals surface area contributed by atoms with Crippen molar-refractivity contribution < 1.29 is 4.79 Å². The van der Waals surface area contributed by atoms with Crippen LogP contribution in [-0.2, 0) is 0 Å². The van der Waals surface area contributed by atoms with Crippen LogP contribution in [0.4, 0.5) is 0 Å². The van der Waals surface area contributed by atoms with Crippen LogP contribution in [0.3, 0.4) is 0 Å². The summed E-state index contributed by atoms with van der Waals surface area (Å²) < 4.78 is 0. The third kappa shape index (κ3) is 1.72. The average Bonchev–Trinajstić information content (AvgIpc) is 3.09. The fraction of sp³-hybridized carbons (Fsp3) is 0.375. The number of nitrogens with zero attached hydrogens (tertiary/aromatic N) is 2. The Morgan fingerprint density at radius 3 is 3.10 bits per heavy atom. The second-order valence-corrected chi connectivity index (χ2v) is 5.65. The van der Waals surface area contributed by atoms with E-state index in [1.165, 1.54) is 0 Å². The van der Waals surface area contributed by atoms with E-state index in [9.17, 15) is 4.79 Å². The fourth-order valence-electron chi connectivity index (χ4n) is 3.53. The van der Waals surface area contributed by atoms with Crippen LogP contribution in [0.25, 0.3) is 10.8 Å². The number of carbonyl (C=O) groups is 1. The zero-order valence-electron chi connectivity index (χ0n) is 11.2. The number of amides is 1. The first kappa shape index (κ1) is 11.9. The van der Waals surface area contributed by atoms with E-state index >= 15 is 0 Å². The molecule has 1 N–H and O–H groups in total. The van der Waals surface area contributed by atoms with Crippen LogP contribution < -0.4 is 5.32 Å². The Kier molecular flexibility index (Phi) is 2.70. The second-order valence-electron chi connectivity index (χ2n) is 5.65. The van der Waals surface area contributed by atoms with Gasteiger partial charge in [0.15, 0.2) is 0 Å². The van der Waals surface area contributed by atoms with Gasteiger partial charge in [-0.3, -0.25) is 9.78 Å². The number of carbonyl (C=O) groups excluding carboxylic acids is 1. The van der Waals surface area contributed by atoms with E-state index in [-0.39, 0.29) is 5.91 Å². The van der Waals surface area contributed by atoms with Gasteiger partial charge in [-0.05, 0) is 23.8 Å². The number of pyridine rings is 1. The summed E-state index contributed by atoms with van der Waals surface area (Å²) in [7, 11) is 0. The van der Waals surface area contributed by atoms with Crippen molar-refractivity contribution in [3.05, 3.63) is 42.2 Å². The molecule has 1 aromatic carbocycles. The summed E-state index contributed by atoms with van der Waals surface area (Å²) in [4.78, 5) is 19.2. The molecule has 2 aliphatic heterocycles. The van der Waals surface area contributed by atoms with Crippen molar-refractivity contribution >= 4 is 16.7 Å². The molecule has 0 bridgehead atoms. The molecule has 0 aliphatic carbocycles. The first-order valence-electron chi connectivity index (χ1n) is 7.20. The third-order valence-electron chi connectivity index (χ3n) is 4.58. The highest BCUT2D eigenvalue weighted by Gasteiger charge is 2.40. The van der Waals surface area contributed by atoms with Crippen LogP contribution in [0.15, 0.2) is 36.5 Å². The Morgan fingerprint density at radius 1 is 1.25 bits per heavy atom. The number of likely N-dealkylation sites (tertiary alicyclic amines) is 1. The van der Waals surface area contributed by atoms with E-state index in [2.05, 4.69) is 10.3 Å². The number of aromatic nitrogens is 1. The summed E-state index contributed by atoms with van der Waals surface area (Å²) in [6.45, 7) is 2.82. The van der Waals surface area contributed by atoms with Gasteiger partial charge in [-0.25, -0.2) is 0 Å². The molecule has 4 heteroatoms. The predicted molar refractivity (Wildman–Crippen MR) is 77.5 cm³/mol. The monoisotopic (exact) mass is 267 g/mol. The quantitative estimate of drug-likeness (QED) is 0.855. The van der Waals surface area contributed by atoms with E-state index in [0.29, 0.717) is 17.7 Å². The number of hydrogen-bond acceptors (Lipinski definition) is 3. The summed E-state index contributed by atoms with van der Waals surface area (Å²) in [6, 6.07) is 10.3. The third-order valence-corrected chi connectivity index (χ3v) is 4.58. The zero-order valence-corrected chi connectivity index (χ0v) is 11.2. The molecule has 0 radical (unpaired) electrons. The largest absolute Gasteiger partial charge is 0.333 e. The standard InChI is InChI=1S/C16H17N3O/c20-16(19-8-6-12-9-17-10-14(12)19)15-13-4-2-1-3-11(13)5-7-18-15/h1-5,7,12,14,17H,6,8-10H2/t12-,14+/m0/s1. The number of fused-ring (bicyclic) bond motifs is 2. The average molecular weight is 267 g/mol. The summed E-state index contributed by atoms with van der Waals surface area (Å²) in [6.07, 6.45) is 2.84. The van der Waals surface area contributed by atoms with Crippen molar-refractivity contribution in [2.45, 2.75) is 12.5 Å². The van der Waals surface area contributed by atoms with E-state index in [4.69, 9.17) is 0 Å². The topological polar surface area (TPSA) is 45.2 Å². The van der Waals surface area contributed by atoms with E-state index < -0.39 is 0 Å². The van der Waals surface area contributed by atoms with Gasteiger partial charge in [-0.1, -0.05) is 24.3 Å². The van der Waals surface area contributed by atoms with Crippen LogP contribution in [0.2, 0.25) is 0 Å². The summed E-state index contributed by atoms with van der Waals surface area (Å²) in [5, 5.41) is 5.41. The Morgan fingerprint density at radius 2 is 2.15 bits per heavy atom. The minimum atomic E-state index is 0.0815. The van der Waals surface area contributed by atoms with Crippen molar-refractivity contribution in [3.8, 4) is 0 Å². The lowest BCUT2D eigenvalue weighted by atomic mass is 10.0. The molecule has 0 unspecified atom stereocenters. The lowest BCUT2D eigenvalue weighted by Crippen LogP contribution is -2.39. The van der Waals surface area contributed by atoms with Gasteiger partial charge in [0.25, 0.3) is 5.91 Å². The van der Waals surface area contributed by atoms with E-state index in [0.717, 1.165) is 36.8 Å². The first-order valence-corrected chi connectivity index (χ1v) is 7.20. The molecule has 1 aromatic heterocycles. The van der Waals surface area contributed by atoms with Gasteiger partial charge in [0, 0.05) is 37.3 Å². The zero-order chi connectivity index (χ0) is 13.5. The van der Waals surface area contributed by atoms with Crippen LogP contribution in [0.5, 0.6) is 0 Å². The highest BCUT2D eigenvalue weighted by Crippen LogP contribution is 2.29. The highest BCUT2D eigenvalue weighted by atomic mass is 16.2. The molecule has 102 valence electrons. The van der Waals surface area contributed by atoms with Crippen molar-refractivity contribution in [3.63, 3.8) is 0 Å². The van der Waals surface area contributed by atoms with E-state index in [1.54, 1.807) is 6.20 Å². The van der Waals surface area contributed by atoms with Crippen molar-refractivity contribution in [2.24, 2.45) is 5.92 Å². The molecule has 2 atom stereocenters. The van der Waals surface area contributed by atoms with Crippen LogP contribution in [0, 0.1) is 5.92 Å². The predicted octanol–water partition coefficient (Wildman–Crippen LogP) is 1.67. The van der Waals surface area contributed by atoms with Gasteiger partial charge >= 0.3 is 0 Å². The molecule has 1 amide bonds. The molecule has 4 nitrogen and oxygen atoms in total. The number of nitrogens with one attached hydrogen (secondary N) is 1. The molecule has 2 aromatic rings. The molecule has 4 rings (SSSR count). The molecule has 3 heterocycles. The molecular weight excluding hydrogens is 250 g/mol. The Hall–Kier alpha value is -1.94. The lowest BCUT2D eigenvalue weighted by Gasteiger charge is -2.23. The SMILES string of the molecule is O=C(c1nccc2ccccc12)N1CC[C@H]2CNC[C@H]21. The Labute approximate surface area is 117 Å². The van der Waals surface area contributed by atoms with Crippen LogP contribution in [0.1, 0.15) is 16.9 Å². The molecule has 2 aliphatic rings. The molecule has 0 saturated carbocycles. The minimum Gasteiger partial charge on any atom is -0.333 e. The molecule has 0 spiro atoms. The van der Waals surface area contributed by atoms with Gasteiger partial charge in [0.1, 0.15) is 5.69 Å². The maximum atomic E-state index is 12.8. The number of hydrogen-bond donors (Lipinski definition) is 1. The van der Waals surface area contributed by atoms with Crippen molar-refractivity contribution in [1.29, 1.82) is 0 Å². The number of benzene rings is 1. The fourth-order valence-corrected chi connectivity index (χ4v) is 3.53. The normalized spacial score (nSPS) is 25.1. The summed E-state index contributed by atoms with van der Waals surface area (Å²) >= 11 is 0. The van der Waals surface area contributed by atoms with Crippen molar-refractivity contribution in [1.82, 2.24) is 15.2 Å². The van der Waals surface area contributed by atoms with Gasteiger partial charge in [-0.15, -0.1) is 0 Å². The summed E-state index contributed by atoms with van der Waals surface area (Å²) in [5.74, 6) is 0.701. The van der Waals surface area contributed by atoms with Gasteiger partial charge < -0.3 is 10.2 Å². The number of rotatable bonds is 1. The van der Waals surface area contributed by atoms with Crippen molar-refractivity contribution in [2.75, 3.05) is 19.6 Å². The first-order chi connectivity index (χ1) is 9.84. The molecule has 2 saturated heterocycles. The maximum Gasteiger partial charge on any atom is 0.273 e. The molecule has 20 heavy (non-hydrogen) atoms. The van der Waals surface area contributed by atoms with Gasteiger partial charge in [-0.2, -0.15) is 0 Å². The van der Waals surface area contributed by atoms with Crippen LogP contribution in [-0.4, -0.2) is 41.5 Å². The smallest absolute Gasteiger partial charge is 0.273 e. The molecular formula is C16H17N3O. The summed E-state index contributed by atoms with van der Waals surface area (Å²) in [5.41, 5.74) is 0.593. The minimum absolute atomic E-state index is 0.0815. The van der Waals surface area contributed by atoms with Gasteiger partial charge in [0.2, 0.25) is 0 Å². The Balaban J connectivity index is 1.74. The Bertz CT molecular complexity index is 664. The second kappa shape index (κ2) is 4.56. The molecule has 2 fully saturated rings. The lowest BCUT2D eigenvalue weighted by molar-refractivity contribution is 0.0733. The highest BCUT2D eigenvalue weighted by molar-refractivity contribution is 6.05. The van der Waals surface area contributed by atoms with Gasteiger partial charge in [0.05, 0.1) is 0 Å². The van der Waals surface area contributed by atoms with Crippen LogP contribution >= 0.6 is 0 Å². The van der Waals surface area contributed by atoms with E-state index in [1.807, 2.05) is 35.2 Å². The maximum absolute atomic E-state index is 12.8.